The smallest absolute Gasteiger partial charge is 0.262 e. The van der Waals surface area contributed by atoms with Crippen LogP contribution in [0.1, 0.15) is 12.8 Å². The predicted molar refractivity (Wildman–Crippen MR) is 122 cm³/mol. The van der Waals surface area contributed by atoms with Gasteiger partial charge in [0.2, 0.25) is 10.0 Å². The third kappa shape index (κ3) is 5.27. The summed E-state index contributed by atoms with van der Waals surface area (Å²) in [5.74, 6) is 0.495. The minimum absolute atomic E-state index is 0.0155. The molecule has 7 nitrogen and oxygen atoms in total. The fourth-order valence-electron chi connectivity index (χ4n) is 3.22. The van der Waals surface area contributed by atoms with Crippen molar-refractivity contribution in [3.05, 3.63) is 72.8 Å². The molecule has 0 saturated heterocycles. The van der Waals surface area contributed by atoms with E-state index in [2.05, 4.69) is 10.0 Å². The van der Waals surface area contributed by atoms with Crippen LogP contribution >= 0.6 is 0 Å². The largest absolute Gasteiger partial charge is 0.495 e. The molecular formula is C24H24N2O5S. The van der Waals surface area contributed by atoms with Crippen LogP contribution in [0.4, 0.5) is 5.69 Å². The predicted octanol–water partition coefficient (Wildman–Crippen LogP) is 3.82. The molecule has 1 fully saturated rings. The molecule has 3 aromatic rings. The summed E-state index contributed by atoms with van der Waals surface area (Å²) in [7, 11) is -2.21. The molecule has 1 aliphatic carbocycles. The molecule has 3 aromatic carbocycles. The monoisotopic (exact) mass is 452 g/mol. The van der Waals surface area contributed by atoms with Gasteiger partial charge in [-0.25, -0.2) is 13.1 Å². The number of methoxy groups -OCH3 is 1. The second-order valence-corrected chi connectivity index (χ2v) is 9.17. The van der Waals surface area contributed by atoms with Crippen molar-refractivity contribution < 1.29 is 22.7 Å². The summed E-state index contributed by atoms with van der Waals surface area (Å²) < 4.78 is 38.7. The van der Waals surface area contributed by atoms with Crippen LogP contribution in [0.15, 0.2) is 77.7 Å². The van der Waals surface area contributed by atoms with Crippen molar-refractivity contribution in [3.63, 3.8) is 0 Å². The number of hydrogen-bond donors (Lipinski definition) is 2. The van der Waals surface area contributed by atoms with Gasteiger partial charge in [-0.3, -0.25) is 4.79 Å². The molecule has 1 saturated carbocycles. The highest BCUT2D eigenvalue weighted by Crippen LogP contribution is 2.31. The van der Waals surface area contributed by atoms with E-state index in [1.54, 1.807) is 6.07 Å². The molecule has 1 amide bonds. The molecule has 2 N–H and O–H groups in total. The van der Waals surface area contributed by atoms with Crippen molar-refractivity contribution in [2.75, 3.05) is 19.0 Å². The summed E-state index contributed by atoms with van der Waals surface area (Å²) in [6.07, 6.45) is 1.67. The fourth-order valence-corrected chi connectivity index (χ4v) is 4.55. The SMILES string of the molecule is COc1ccc(S(=O)(=O)NC2CC2)cc1NC(=O)COc1ccccc1-c1ccccc1. The Morgan fingerprint density at radius 3 is 2.41 bits per heavy atom. The first-order valence-corrected chi connectivity index (χ1v) is 11.7. The van der Waals surface area contributed by atoms with Gasteiger partial charge in [0.1, 0.15) is 11.5 Å². The zero-order valence-corrected chi connectivity index (χ0v) is 18.4. The lowest BCUT2D eigenvalue weighted by molar-refractivity contribution is -0.118. The number of hydrogen-bond acceptors (Lipinski definition) is 5. The van der Waals surface area contributed by atoms with E-state index in [1.807, 2.05) is 48.5 Å². The highest BCUT2D eigenvalue weighted by Gasteiger charge is 2.28. The first-order chi connectivity index (χ1) is 15.5. The van der Waals surface area contributed by atoms with E-state index in [4.69, 9.17) is 9.47 Å². The molecule has 0 aromatic heterocycles. The number of ether oxygens (including phenoxy) is 2. The number of carbonyl (C=O) groups excluding carboxylic acids is 1. The Morgan fingerprint density at radius 1 is 0.969 bits per heavy atom. The van der Waals surface area contributed by atoms with Gasteiger partial charge < -0.3 is 14.8 Å². The Hall–Kier alpha value is -3.36. The third-order valence-corrected chi connectivity index (χ3v) is 6.50. The van der Waals surface area contributed by atoms with Gasteiger partial charge in [0.05, 0.1) is 17.7 Å². The Labute approximate surface area is 187 Å². The van der Waals surface area contributed by atoms with E-state index in [9.17, 15) is 13.2 Å². The number of sulfonamides is 1. The number of carbonyl (C=O) groups is 1. The van der Waals surface area contributed by atoms with Gasteiger partial charge in [0.25, 0.3) is 5.91 Å². The van der Waals surface area contributed by atoms with E-state index in [-0.39, 0.29) is 23.2 Å². The summed E-state index contributed by atoms with van der Waals surface area (Å²) >= 11 is 0. The summed E-state index contributed by atoms with van der Waals surface area (Å²) in [6, 6.07) is 21.5. The highest BCUT2D eigenvalue weighted by atomic mass is 32.2. The van der Waals surface area contributed by atoms with Gasteiger partial charge >= 0.3 is 0 Å². The number of amides is 1. The van der Waals surface area contributed by atoms with Crippen molar-refractivity contribution in [1.82, 2.24) is 4.72 Å². The van der Waals surface area contributed by atoms with Crippen LogP contribution in [0.25, 0.3) is 11.1 Å². The maximum atomic E-state index is 12.6. The number of benzene rings is 3. The zero-order valence-electron chi connectivity index (χ0n) is 17.6. The van der Waals surface area contributed by atoms with Crippen LogP contribution < -0.4 is 19.5 Å². The standard InChI is InChI=1S/C24H24N2O5S/c1-30-23-14-13-19(32(28,29)26-18-11-12-18)15-21(23)25-24(27)16-31-22-10-6-5-9-20(22)17-7-3-2-4-8-17/h2-10,13-15,18,26H,11-12,16H2,1H3,(H,25,27). The first-order valence-electron chi connectivity index (χ1n) is 10.2. The van der Waals surface area contributed by atoms with E-state index in [1.165, 1.54) is 25.3 Å². The quantitative estimate of drug-likeness (QED) is 0.515. The van der Waals surface area contributed by atoms with E-state index >= 15 is 0 Å². The molecule has 0 spiro atoms. The van der Waals surface area contributed by atoms with Crippen molar-refractivity contribution in [2.45, 2.75) is 23.8 Å². The van der Waals surface area contributed by atoms with Crippen LogP contribution in [-0.2, 0) is 14.8 Å². The minimum atomic E-state index is -3.66. The zero-order chi connectivity index (χ0) is 22.6. The Bertz CT molecular complexity index is 1210. The van der Waals surface area contributed by atoms with E-state index in [0.717, 1.165) is 24.0 Å². The molecular weight excluding hydrogens is 428 g/mol. The third-order valence-electron chi connectivity index (χ3n) is 4.99. The summed E-state index contributed by atoms with van der Waals surface area (Å²) in [6.45, 7) is -0.246. The molecule has 0 unspecified atom stereocenters. The topological polar surface area (TPSA) is 93.7 Å². The van der Waals surface area contributed by atoms with Crippen molar-refractivity contribution >= 4 is 21.6 Å². The van der Waals surface area contributed by atoms with E-state index < -0.39 is 15.9 Å². The van der Waals surface area contributed by atoms with Crippen LogP contribution in [0.5, 0.6) is 11.5 Å². The lowest BCUT2D eigenvalue weighted by atomic mass is 10.1. The van der Waals surface area contributed by atoms with Crippen LogP contribution in [-0.4, -0.2) is 34.1 Å². The van der Waals surface area contributed by atoms with Gasteiger partial charge in [-0.15, -0.1) is 0 Å². The molecule has 1 aliphatic rings. The fraction of sp³-hybridized carbons (Fsp3) is 0.208. The van der Waals surface area contributed by atoms with Crippen LogP contribution in [0.2, 0.25) is 0 Å². The Kier molecular flexibility index (Phi) is 6.43. The second kappa shape index (κ2) is 9.42. The number of nitrogens with one attached hydrogen (secondary N) is 2. The van der Waals surface area contributed by atoms with Gasteiger partial charge in [-0.1, -0.05) is 48.5 Å². The Balaban J connectivity index is 1.47. The Morgan fingerprint density at radius 2 is 1.69 bits per heavy atom. The van der Waals surface area contributed by atoms with Gasteiger partial charge in [0.15, 0.2) is 6.61 Å². The lowest BCUT2D eigenvalue weighted by Crippen LogP contribution is -2.26. The van der Waals surface area contributed by atoms with Gasteiger partial charge in [-0.05, 0) is 42.7 Å². The molecule has 0 bridgehead atoms. The maximum absolute atomic E-state index is 12.6. The first kappa shape index (κ1) is 21.9. The summed E-state index contributed by atoms with van der Waals surface area (Å²) in [5, 5.41) is 2.69. The maximum Gasteiger partial charge on any atom is 0.262 e. The van der Waals surface area contributed by atoms with Crippen LogP contribution in [0.3, 0.4) is 0 Å². The molecule has 0 aliphatic heterocycles. The van der Waals surface area contributed by atoms with Crippen molar-refractivity contribution in [1.29, 1.82) is 0 Å². The number of rotatable bonds is 9. The summed E-state index contributed by atoms with van der Waals surface area (Å²) in [4.78, 5) is 12.7. The molecule has 0 heterocycles. The van der Waals surface area contributed by atoms with E-state index in [0.29, 0.717) is 11.5 Å². The molecule has 166 valence electrons. The molecule has 8 heteroatoms. The molecule has 0 atom stereocenters. The average molecular weight is 453 g/mol. The minimum Gasteiger partial charge on any atom is -0.495 e. The number of anilines is 1. The van der Waals surface area contributed by atoms with Crippen molar-refractivity contribution in [2.24, 2.45) is 0 Å². The van der Waals surface area contributed by atoms with Crippen molar-refractivity contribution in [3.8, 4) is 22.6 Å². The summed E-state index contributed by atoms with van der Waals surface area (Å²) in [5.41, 5.74) is 2.11. The number of para-hydroxylation sites is 1. The van der Waals surface area contributed by atoms with Gasteiger partial charge in [-0.2, -0.15) is 0 Å². The second-order valence-electron chi connectivity index (χ2n) is 7.46. The van der Waals surface area contributed by atoms with Gasteiger partial charge in [0, 0.05) is 11.6 Å². The average Bonchev–Trinajstić information content (AvgIpc) is 3.62. The van der Waals surface area contributed by atoms with Crippen LogP contribution in [0, 0.1) is 0 Å². The lowest BCUT2D eigenvalue weighted by Gasteiger charge is -2.14. The molecule has 4 rings (SSSR count). The normalized spacial score (nSPS) is 13.4. The molecule has 32 heavy (non-hydrogen) atoms. The molecule has 0 radical (unpaired) electrons. The highest BCUT2D eigenvalue weighted by molar-refractivity contribution is 7.89.